The minimum atomic E-state index is 0.527. The average Bonchev–Trinajstić information content (AvgIpc) is 3.17. The van der Waals surface area contributed by atoms with E-state index in [2.05, 4.69) is 10.2 Å². The highest BCUT2D eigenvalue weighted by molar-refractivity contribution is 6.30. The molecule has 5 nitrogen and oxygen atoms in total. The van der Waals surface area contributed by atoms with Crippen LogP contribution in [0, 0.1) is 0 Å². The van der Waals surface area contributed by atoms with Gasteiger partial charge in [-0.1, -0.05) is 41.9 Å². The number of benzene rings is 1. The summed E-state index contributed by atoms with van der Waals surface area (Å²) in [5.74, 6) is 0. The predicted octanol–water partition coefficient (Wildman–Crippen LogP) is 3.29. The summed E-state index contributed by atoms with van der Waals surface area (Å²) in [4.78, 5) is 6.38. The lowest BCUT2D eigenvalue weighted by atomic mass is 10.1. The molecule has 0 bridgehead atoms. The van der Waals surface area contributed by atoms with Gasteiger partial charge in [0.25, 0.3) is 0 Å². The van der Waals surface area contributed by atoms with Crippen LogP contribution in [0.15, 0.2) is 61.1 Å². The molecule has 0 atom stereocenters. The van der Waals surface area contributed by atoms with Gasteiger partial charge in [0.2, 0.25) is 0 Å². The van der Waals surface area contributed by atoms with Crippen molar-refractivity contribution in [3.63, 3.8) is 0 Å². The quantitative estimate of drug-likeness (QED) is 0.583. The second-order valence-electron chi connectivity index (χ2n) is 4.91. The lowest BCUT2D eigenvalue weighted by Crippen LogP contribution is -2.07. The highest BCUT2D eigenvalue weighted by Crippen LogP contribution is 2.26. The molecular formula is C16H12ClN5. The summed E-state index contributed by atoms with van der Waals surface area (Å²) in [5.41, 5.74) is 3.83. The Morgan fingerprint density at radius 2 is 1.73 bits per heavy atom. The van der Waals surface area contributed by atoms with Gasteiger partial charge in [-0.2, -0.15) is 15.0 Å². The molecule has 0 amide bonds. The second kappa shape index (κ2) is 5.27. The molecule has 22 heavy (non-hydrogen) atoms. The van der Waals surface area contributed by atoms with Crippen molar-refractivity contribution in [2.75, 3.05) is 0 Å². The van der Waals surface area contributed by atoms with Crippen LogP contribution in [0.5, 0.6) is 0 Å². The van der Waals surface area contributed by atoms with Crippen molar-refractivity contribution in [3.8, 4) is 11.3 Å². The number of fused-ring (bicyclic) bond motifs is 1. The summed E-state index contributed by atoms with van der Waals surface area (Å²) in [6.07, 6.45) is 5.20. The number of nitrogens with zero attached hydrogens (tertiary/aromatic N) is 5. The van der Waals surface area contributed by atoms with Crippen LogP contribution < -0.4 is 0 Å². The van der Waals surface area contributed by atoms with Gasteiger partial charge in [0.05, 0.1) is 28.8 Å². The van der Waals surface area contributed by atoms with Gasteiger partial charge in [0.15, 0.2) is 0 Å². The molecular weight excluding hydrogens is 298 g/mol. The van der Waals surface area contributed by atoms with Crippen LogP contribution in [0.4, 0.5) is 0 Å². The first-order valence-electron chi connectivity index (χ1n) is 6.87. The summed E-state index contributed by atoms with van der Waals surface area (Å²) in [7, 11) is 0. The zero-order chi connectivity index (χ0) is 14.9. The summed E-state index contributed by atoms with van der Waals surface area (Å²) in [6, 6.07) is 13.8. The molecule has 0 unspecified atom stereocenters. The van der Waals surface area contributed by atoms with Gasteiger partial charge >= 0.3 is 0 Å². The molecule has 3 aromatic heterocycles. The maximum atomic E-state index is 6.14. The van der Waals surface area contributed by atoms with E-state index in [0.717, 1.165) is 22.6 Å². The smallest absolute Gasteiger partial charge is 0.137 e. The summed E-state index contributed by atoms with van der Waals surface area (Å²) < 4.78 is 1.99. The molecule has 4 rings (SSSR count). The second-order valence-corrected chi connectivity index (χ2v) is 5.34. The fraction of sp³-hybridized carbons (Fsp3) is 0.0625. The van der Waals surface area contributed by atoms with Crippen molar-refractivity contribution >= 4 is 17.2 Å². The van der Waals surface area contributed by atoms with Crippen LogP contribution in [0.3, 0.4) is 0 Å². The van der Waals surface area contributed by atoms with E-state index < -0.39 is 0 Å². The van der Waals surface area contributed by atoms with Gasteiger partial charge in [-0.05, 0) is 12.1 Å². The lowest BCUT2D eigenvalue weighted by Gasteiger charge is -2.05. The number of imidazole rings is 1. The average molecular weight is 310 g/mol. The Morgan fingerprint density at radius 1 is 0.955 bits per heavy atom. The van der Waals surface area contributed by atoms with E-state index in [1.165, 1.54) is 0 Å². The maximum absolute atomic E-state index is 6.14. The molecule has 0 radical (unpaired) electrons. The van der Waals surface area contributed by atoms with Crippen molar-refractivity contribution in [1.29, 1.82) is 0 Å². The zero-order valence-corrected chi connectivity index (χ0v) is 12.4. The van der Waals surface area contributed by atoms with Crippen molar-refractivity contribution in [2.45, 2.75) is 6.54 Å². The Labute approximate surface area is 131 Å². The summed E-state index contributed by atoms with van der Waals surface area (Å²) in [5, 5.41) is 9.04. The van der Waals surface area contributed by atoms with Crippen molar-refractivity contribution < 1.29 is 0 Å². The number of halogens is 1. The van der Waals surface area contributed by atoms with Crippen molar-refractivity contribution in [2.24, 2.45) is 0 Å². The van der Waals surface area contributed by atoms with Crippen LogP contribution in [-0.4, -0.2) is 24.4 Å². The minimum absolute atomic E-state index is 0.527. The normalized spacial score (nSPS) is 11.1. The van der Waals surface area contributed by atoms with Gasteiger partial charge in [-0.15, -0.1) is 0 Å². The van der Waals surface area contributed by atoms with E-state index in [1.807, 2.05) is 53.1 Å². The topological polar surface area (TPSA) is 48.0 Å². The number of hydrogen-bond donors (Lipinski definition) is 0. The predicted molar refractivity (Wildman–Crippen MR) is 84.8 cm³/mol. The third kappa shape index (κ3) is 2.25. The van der Waals surface area contributed by atoms with Crippen LogP contribution in [0.1, 0.15) is 5.69 Å². The Hall–Kier alpha value is -2.66. The van der Waals surface area contributed by atoms with Gasteiger partial charge in [-0.25, -0.2) is 4.98 Å². The van der Waals surface area contributed by atoms with E-state index in [-0.39, 0.29) is 0 Å². The first-order valence-corrected chi connectivity index (χ1v) is 7.25. The fourth-order valence-electron chi connectivity index (χ4n) is 2.50. The number of pyridine rings is 1. The molecule has 3 heterocycles. The molecule has 108 valence electrons. The minimum Gasteiger partial charge on any atom is -0.300 e. The molecule has 0 spiro atoms. The van der Waals surface area contributed by atoms with Crippen LogP contribution in [0.25, 0.3) is 16.9 Å². The van der Waals surface area contributed by atoms with Crippen LogP contribution in [-0.2, 0) is 6.54 Å². The van der Waals surface area contributed by atoms with Gasteiger partial charge in [-0.3, -0.25) is 4.40 Å². The third-order valence-corrected chi connectivity index (χ3v) is 3.71. The molecule has 0 saturated heterocycles. The largest absolute Gasteiger partial charge is 0.300 e. The van der Waals surface area contributed by atoms with Gasteiger partial charge < -0.3 is 0 Å². The highest BCUT2D eigenvalue weighted by atomic mass is 35.5. The van der Waals surface area contributed by atoms with E-state index in [9.17, 15) is 0 Å². The molecule has 0 N–H and O–H groups in total. The molecule has 0 aliphatic carbocycles. The standard InChI is InChI=1S/C16H12ClN5/c17-13-6-7-15-20-16(12-4-2-1-3-5-12)14(21(15)10-13)11-22-18-8-9-19-22/h1-10H,11H2. The molecule has 4 aromatic rings. The zero-order valence-electron chi connectivity index (χ0n) is 11.6. The van der Waals surface area contributed by atoms with E-state index in [1.54, 1.807) is 17.2 Å². The lowest BCUT2D eigenvalue weighted by molar-refractivity contribution is 0.580. The molecule has 6 heteroatoms. The first kappa shape index (κ1) is 13.0. The Balaban J connectivity index is 1.95. The number of hydrogen-bond acceptors (Lipinski definition) is 3. The molecule has 1 aromatic carbocycles. The fourth-order valence-corrected chi connectivity index (χ4v) is 2.67. The molecule has 0 aliphatic rings. The van der Waals surface area contributed by atoms with E-state index >= 15 is 0 Å². The molecule has 0 fully saturated rings. The van der Waals surface area contributed by atoms with Crippen LogP contribution in [0.2, 0.25) is 5.02 Å². The molecule has 0 saturated carbocycles. The summed E-state index contributed by atoms with van der Waals surface area (Å²) in [6.45, 7) is 0.527. The van der Waals surface area contributed by atoms with Gasteiger partial charge in [0, 0.05) is 11.8 Å². The third-order valence-electron chi connectivity index (χ3n) is 3.49. The van der Waals surface area contributed by atoms with E-state index in [0.29, 0.717) is 11.6 Å². The maximum Gasteiger partial charge on any atom is 0.137 e. The van der Waals surface area contributed by atoms with Crippen molar-refractivity contribution in [1.82, 2.24) is 24.4 Å². The number of aromatic nitrogens is 5. The first-order chi connectivity index (χ1) is 10.8. The SMILES string of the molecule is Clc1ccc2nc(-c3ccccc3)c(Cn3nccn3)n2c1. The summed E-state index contributed by atoms with van der Waals surface area (Å²) >= 11 is 6.14. The molecule has 0 aliphatic heterocycles. The highest BCUT2D eigenvalue weighted by Gasteiger charge is 2.15. The monoisotopic (exact) mass is 309 g/mol. The van der Waals surface area contributed by atoms with Gasteiger partial charge in [0.1, 0.15) is 12.2 Å². The van der Waals surface area contributed by atoms with E-state index in [4.69, 9.17) is 16.6 Å². The Kier molecular flexibility index (Phi) is 3.12. The number of rotatable bonds is 3. The van der Waals surface area contributed by atoms with Crippen molar-refractivity contribution in [3.05, 3.63) is 71.8 Å². The van der Waals surface area contributed by atoms with Crippen LogP contribution >= 0.6 is 11.6 Å². The Bertz CT molecular complexity index is 913. The Morgan fingerprint density at radius 3 is 2.50 bits per heavy atom.